The molecule has 5 nitrogen and oxygen atoms in total. The van der Waals surface area contributed by atoms with Crippen molar-refractivity contribution in [3.63, 3.8) is 0 Å². The SMILES string of the molecule is Cc1c(C=CC(=O)O)cccc1C(=O)N1CCC(O)C1. The molecule has 0 saturated carbocycles. The number of aliphatic hydroxyl groups excluding tert-OH is 1. The predicted octanol–water partition coefficient (Wildman–Crippen LogP) is 1.30. The summed E-state index contributed by atoms with van der Waals surface area (Å²) in [4.78, 5) is 24.6. The average molecular weight is 275 g/mol. The lowest BCUT2D eigenvalue weighted by Gasteiger charge is -2.17. The summed E-state index contributed by atoms with van der Waals surface area (Å²) in [6, 6.07) is 5.22. The minimum atomic E-state index is -1.02. The van der Waals surface area contributed by atoms with Crippen molar-refractivity contribution in [2.45, 2.75) is 19.4 Å². The summed E-state index contributed by atoms with van der Waals surface area (Å²) in [6.07, 6.45) is 2.68. The van der Waals surface area contributed by atoms with E-state index in [1.807, 2.05) is 0 Å². The molecule has 1 aliphatic heterocycles. The van der Waals surface area contributed by atoms with Gasteiger partial charge in [-0.05, 0) is 36.6 Å². The zero-order valence-corrected chi connectivity index (χ0v) is 11.2. The van der Waals surface area contributed by atoms with E-state index in [0.717, 1.165) is 11.6 Å². The van der Waals surface area contributed by atoms with Gasteiger partial charge in [0.1, 0.15) is 0 Å². The Morgan fingerprint density at radius 3 is 2.75 bits per heavy atom. The fourth-order valence-electron chi connectivity index (χ4n) is 2.32. The van der Waals surface area contributed by atoms with Crippen LogP contribution in [0.5, 0.6) is 0 Å². The largest absolute Gasteiger partial charge is 0.478 e. The van der Waals surface area contributed by atoms with E-state index in [9.17, 15) is 14.7 Å². The van der Waals surface area contributed by atoms with Crippen LogP contribution in [0.2, 0.25) is 0 Å². The van der Waals surface area contributed by atoms with Crippen molar-refractivity contribution in [3.05, 3.63) is 41.0 Å². The van der Waals surface area contributed by atoms with Gasteiger partial charge >= 0.3 is 5.97 Å². The van der Waals surface area contributed by atoms with E-state index in [0.29, 0.717) is 30.6 Å². The van der Waals surface area contributed by atoms with Gasteiger partial charge in [0.05, 0.1) is 6.10 Å². The number of carboxylic acid groups (broad SMARTS) is 1. The molecule has 1 atom stereocenters. The molecule has 20 heavy (non-hydrogen) atoms. The van der Waals surface area contributed by atoms with Crippen molar-refractivity contribution in [2.75, 3.05) is 13.1 Å². The van der Waals surface area contributed by atoms with E-state index in [-0.39, 0.29) is 5.91 Å². The molecule has 0 spiro atoms. The summed E-state index contributed by atoms with van der Waals surface area (Å²) < 4.78 is 0. The number of aliphatic hydroxyl groups is 1. The Balaban J connectivity index is 2.26. The first-order valence-corrected chi connectivity index (χ1v) is 6.47. The maximum absolute atomic E-state index is 12.4. The first kappa shape index (κ1) is 14.3. The Bertz CT molecular complexity index is 565. The van der Waals surface area contributed by atoms with E-state index in [1.54, 1.807) is 30.0 Å². The number of benzene rings is 1. The van der Waals surface area contributed by atoms with Gasteiger partial charge in [0.25, 0.3) is 5.91 Å². The van der Waals surface area contributed by atoms with Crippen LogP contribution >= 0.6 is 0 Å². The maximum atomic E-state index is 12.4. The molecule has 5 heteroatoms. The molecular formula is C15H17NO4. The van der Waals surface area contributed by atoms with Crippen molar-refractivity contribution >= 4 is 18.0 Å². The molecule has 0 aliphatic carbocycles. The summed E-state index contributed by atoms with van der Waals surface area (Å²) >= 11 is 0. The predicted molar refractivity (Wildman–Crippen MR) is 74.4 cm³/mol. The quantitative estimate of drug-likeness (QED) is 0.815. The number of aliphatic carboxylic acids is 1. The second-order valence-electron chi connectivity index (χ2n) is 4.89. The maximum Gasteiger partial charge on any atom is 0.328 e. The van der Waals surface area contributed by atoms with Gasteiger partial charge in [-0.15, -0.1) is 0 Å². The smallest absolute Gasteiger partial charge is 0.328 e. The zero-order chi connectivity index (χ0) is 14.7. The van der Waals surface area contributed by atoms with Gasteiger partial charge in [0, 0.05) is 24.7 Å². The van der Waals surface area contributed by atoms with Crippen LogP contribution < -0.4 is 0 Å². The second-order valence-corrected chi connectivity index (χ2v) is 4.89. The van der Waals surface area contributed by atoms with Gasteiger partial charge in [-0.25, -0.2) is 4.79 Å². The average Bonchev–Trinajstić information content (AvgIpc) is 2.83. The lowest BCUT2D eigenvalue weighted by Crippen LogP contribution is -2.30. The standard InChI is InChI=1S/C15H17NO4/c1-10-11(5-6-14(18)19)3-2-4-13(10)15(20)16-8-7-12(17)9-16/h2-6,12,17H,7-9H2,1H3,(H,18,19). The number of hydrogen-bond donors (Lipinski definition) is 2. The van der Waals surface area contributed by atoms with Crippen molar-refractivity contribution in [2.24, 2.45) is 0 Å². The fourth-order valence-corrected chi connectivity index (χ4v) is 2.32. The molecule has 1 saturated heterocycles. The molecule has 0 bridgehead atoms. The molecule has 2 rings (SSSR count). The number of carboxylic acids is 1. The summed E-state index contributed by atoms with van der Waals surface area (Å²) in [5.41, 5.74) is 2.00. The van der Waals surface area contributed by atoms with E-state index in [2.05, 4.69) is 0 Å². The van der Waals surface area contributed by atoms with Crippen molar-refractivity contribution < 1.29 is 19.8 Å². The van der Waals surface area contributed by atoms with E-state index in [4.69, 9.17) is 5.11 Å². The van der Waals surface area contributed by atoms with Crippen molar-refractivity contribution in [1.82, 2.24) is 4.90 Å². The molecule has 1 amide bonds. The third-order valence-corrected chi connectivity index (χ3v) is 3.46. The lowest BCUT2D eigenvalue weighted by molar-refractivity contribution is -0.131. The summed E-state index contributed by atoms with van der Waals surface area (Å²) in [5, 5.41) is 18.2. The summed E-state index contributed by atoms with van der Waals surface area (Å²) in [6.45, 7) is 2.70. The van der Waals surface area contributed by atoms with E-state index < -0.39 is 12.1 Å². The van der Waals surface area contributed by atoms with Crippen LogP contribution in [0.4, 0.5) is 0 Å². The number of hydrogen-bond acceptors (Lipinski definition) is 3. The molecule has 106 valence electrons. The second kappa shape index (κ2) is 5.88. The summed E-state index contributed by atoms with van der Waals surface area (Å²) in [5.74, 6) is -1.14. The molecule has 0 radical (unpaired) electrons. The van der Waals surface area contributed by atoms with Crippen LogP contribution in [0.3, 0.4) is 0 Å². The van der Waals surface area contributed by atoms with Gasteiger partial charge in [0.2, 0.25) is 0 Å². The van der Waals surface area contributed by atoms with Crippen LogP contribution in [-0.4, -0.2) is 46.2 Å². The lowest BCUT2D eigenvalue weighted by atomic mass is 10.0. The monoisotopic (exact) mass is 275 g/mol. The number of carbonyl (C=O) groups excluding carboxylic acids is 1. The van der Waals surface area contributed by atoms with Crippen LogP contribution in [0, 0.1) is 6.92 Å². The molecule has 1 unspecified atom stereocenters. The third-order valence-electron chi connectivity index (χ3n) is 3.46. The molecule has 1 fully saturated rings. The minimum Gasteiger partial charge on any atom is -0.478 e. The molecule has 1 aromatic rings. The van der Waals surface area contributed by atoms with Crippen LogP contribution in [-0.2, 0) is 4.79 Å². The molecule has 1 aliphatic rings. The first-order valence-electron chi connectivity index (χ1n) is 6.47. The molecule has 2 N–H and O–H groups in total. The highest BCUT2D eigenvalue weighted by Gasteiger charge is 2.26. The van der Waals surface area contributed by atoms with Crippen LogP contribution in [0.15, 0.2) is 24.3 Å². The number of nitrogens with zero attached hydrogens (tertiary/aromatic N) is 1. The Morgan fingerprint density at radius 2 is 2.15 bits per heavy atom. The molecular weight excluding hydrogens is 258 g/mol. The Hall–Kier alpha value is -2.14. The third kappa shape index (κ3) is 3.05. The highest BCUT2D eigenvalue weighted by Crippen LogP contribution is 2.20. The highest BCUT2D eigenvalue weighted by atomic mass is 16.4. The zero-order valence-electron chi connectivity index (χ0n) is 11.2. The van der Waals surface area contributed by atoms with E-state index >= 15 is 0 Å². The number of rotatable bonds is 3. The van der Waals surface area contributed by atoms with Gasteiger partial charge < -0.3 is 15.1 Å². The highest BCUT2D eigenvalue weighted by molar-refractivity contribution is 5.97. The number of amides is 1. The molecule has 0 aromatic heterocycles. The molecule has 1 heterocycles. The Morgan fingerprint density at radius 1 is 1.40 bits per heavy atom. The Labute approximate surface area is 117 Å². The van der Waals surface area contributed by atoms with Crippen LogP contribution in [0.25, 0.3) is 6.08 Å². The van der Waals surface area contributed by atoms with Gasteiger partial charge in [-0.1, -0.05) is 12.1 Å². The topological polar surface area (TPSA) is 77.8 Å². The van der Waals surface area contributed by atoms with Gasteiger partial charge in [0.15, 0.2) is 0 Å². The summed E-state index contributed by atoms with van der Waals surface area (Å²) in [7, 11) is 0. The number of carbonyl (C=O) groups is 2. The normalized spacial score (nSPS) is 18.7. The van der Waals surface area contributed by atoms with Gasteiger partial charge in [-0.2, -0.15) is 0 Å². The fraction of sp³-hybridized carbons (Fsp3) is 0.333. The van der Waals surface area contributed by atoms with Crippen LogP contribution in [0.1, 0.15) is 27.9 Å². The van der Waals surface area contributed by atoms with Crippen molar-refractivity contribution in [1.29, 1.82) is 0 Å². The first-order chi connectivity index (χ1) is 9.49. The Kier molecular flexibility index (Phi) is 4.20. The minimum absolute atomic E-state index is 0.121. The number of likely N-dealkylation sites (tertiary alicyclic amines) is 1. The molecule has 1 aromatic carbocycles. The van der Waals surface area contributed by atoms with Gasteiger partial charge in [-0.3, -0.25) is 4.79 Å². The van der Waals surface area contributed by atoms with E-state index in [1.165, 1.54) is 6.08 Å². The van der Waals surface area contributed by atoms with Crippen molar-refractivity contribution in [3.8, 4) is 0 Å². The number of β-amino-alcohol motifs (C(OH)–C–C–N with tert-alkyl or cyclic N) is 1.